The minimum atomic E-state index is -0.364. The molecule has 3 rings (SSSR count). The van der Waals surface area contributed by atoms with Gasteiger partial charge in [0.05, 0.1) is 12.5 Å². The standard InChI is InChI=1S/C23H29N3O2/c1-17(24)20-13-8-14-26(16-20)22(27)15-21(18-9-4-2-5-10-18)25-23(28)19-11-6-3-7-12-19/h2-7,9-12,17,20-21H,8,13-16,24H2,1H3,(H,25,28). The fourth-order valence-corrected chi connectivity index (χ4v) is 3.74. The molecule has 2 aromatic rings. The highest BCUT2D eigenvalue weighted by Gasteiger charge is 2.28. The Morgan fingerprint density at radius 3 is 2.39 bits per heavy atom. The molecule has 0 aromatic heterocycles. The van der Waals surface area contributed by atoms with Crippen LogP contribution in [-0.4, -0.2) is 35.8 Å². The lowest BCUT2D eigenvalue weighted by molar-refractivity contribution is -0.133. The number of benzene rings is 2. The Morgan fingerprint density at radius 2 is 1.75 bits per heavy atom. The van der Waals surface area contributed by atoms with Crippen molar-refractivity contribution in [1.29, 1.82) is 0 Å². The van der Waals surface area contributed by atoms with Crippen LogP contribution >= 0.6 is 0 Å². The average molecular weight is 380 g/mol. The Hall–Kier alpha value is -2.66. The number of hydrogen-bond acceptors (Lipinski definition) is 3. The maximum atomic E-state index is 13.0. The summed E-state index contributed by atoms with van der Waals surface area (Å²) in [6.45, 7) is 3.46. The minimum absolute atomic E-state index is 0.0626. The second-order valence-corrected chi connectivity index (χ2v) is 7.61. The van der Waals surface area contributed by atoms with E-state index < -0.39 is 0 Å². The summed E-state index contributed by atoms with van der Waals surface area (Å²) < 4.78 is 0. The highest BCUT2D eigenvalue weighted by molar-refractivity contribution is 5.94. The molecule has 0 saturated carbocycles. The van der Waals surface area contributed by atoms with Gasteiger partial charge in [0, 0.05) is 24.7 Å². The molecule has 1 saturated heterocycles. The molecule has 5 heteroatoms. The maximum Gasteiger partial charge on any atom is 0.251 e. The summed E-state index contributed by atoms with van der Waals surface area (Å²) in [6, 6.07) is 18.5. The number of nitrogens with zero attached hydrogens (tertiary/aromatic N) is 1. The van der Waals surface area contributed by atoms with E-state index in [2.05, 4.69) is 5.32 Å². The Balaban J connectivity index is 1.72. The van der Waals surface area contributed by atoms with Gasteiger partial charge in [-0.15, -0.1) is 0 Å². The van der Waals surface area contributed by atoms with Crippen molar-refractivity contribution in [3.8, 4) is 0 Å². The van der Waals surface area contributed by atoms with Crippen molar-refractivity contribution in [2.45, 2.75) is 38.3 Å². The van der Waals surface area contributed by atoms with Gasteiger partial charge in [0.2, 0.25) is 5.91 Å². The van der Waals surface area contributed by atoms with Crippen molar-refractivity contribution < 1.29 is 9.59 Å². The van der Waals surface area contributed by atoms with Crippen LogP contribution in [0.1, 0.15) is 48.1 Å². The number of carbonyl (C=O) groups excluding carboxylic acids is 2. The molecule has 3 N–H and O–H groups in total. The first kappa shape index (κ1) is 20.1. The molecular weight excluding hydrogens is 350 g/mol. The molecule has 2 aromatic carbocycles. The van der Waals surface area contributed by atoms with Crippen LogP contribution in [0.4, 0.5) is 0 Å². The fourth-order valence-electron chi connectivity index (χ4n) is 3.74. The summed E-state index contributed by atoms with van der Waals surface area (Å²) >= 11 is 0. The molecule has 28 heavy (non-hydrogen) atoms. The largest absolute Gasteiger partial charge is 0.345 e. The monoisotopic (exact) mass is 379 g/mol. The van der Waals surface area contributed by atoms with Crippen molar-refractivity contribution in [3.63, 3.8) is 0 Å². The number of rotatable bonds is 6. The van der Waals surface area contributed by atoms with Crippen molar-refractivity contribution in [1.82, 2.24) is 10.2 Å². The van der Waals surface area contributed by atoms with Crippen LogP contribution in [-0.2, 0) is 4.79 Å². The number of nitrogens with one attached hydrogen (secondary N) is 1. The number of carbonyl (C=O) groups is 2. The Labute approximate surface area is 166 Å². The van der Waals surface area contributed by atoms with Gasteiger partial charge in [-0.05, 0) is 43.4 Å². The molecule has 3 atom stereocenters. The number of nitrogens with two attached hydrogens (primary N) is 1. The Morgan fingerprint density at radius 1 is 1.11 bits per heavy atom. The Kier molecular flexibility index (Phi) is 6.82. The molecule has 1 heterocycles. The lowest BCUT2D eigenvalue weighted by atomic mass is 9.91. The van der Waals surface area contributed by atoms with Gasteiger partial charge in [-0.1, -0.05) is 48.5 Å². The molecule has 1 aliphatic rings. The predicted octanol–water partition coefficient (Wildman–Crippen LogP) is 3.13. The second-order valence-electron chi connectivity index (χ2n) is 7.61. The third kappa shape index (κ3) is 5.20. The maximum absolute atomic E-state index is 13.0. The van der Waals surface area contributed by atoms with Crippen LogP contribution in [0.5, 0.6) is 0 Å². The summed E-state index contributed by atoms with van der Waals surface area (Å²) in [4.78, 5) is 27.6. The molecule has 2 amide bonds. The van der Waals surface area contributed by atoms with Crippen molar-refractivity contribution in [3.05, 3.63) is 71.8 Å². The van der Waals surface area contributed by atoms with E-state index in [1.165, 1.54) is 0 Å². The highest BCUT2D eigenvalue weighted by atomic mass is 16.2. The molecule has 1 fully saturated rings. The van der Waals surface area contributed by atoms with Crippen LogP contribution in [0.3, 0.4) is 0 Å². The van der Waals surface area contributed by atoms with E-state index in [0.29, 0.717) is 18.0 Å². The first-order valence-corrected chi connectivity index (χ1v) is 9.99. The predicted molar refractivity (Wildman–Crippen MR) is 111 cm³/mol. The van der Waals surface area contributed by atoms with Crippen LogP contribution in [0, 0.1) is 5.92 Å². The third-order valence-electron chi connectivity index (χ3n) is 5.48. The van der Waals surface area contributed by atoms with Gasteiger partial charge >= 0.3 is 0 Å². The zero-order valence-corrected chi connectivity index (χ0v) is 16.4. The molecular formula is C23H29N3O2. The van der Waals surface area contributed by atoms with Gasteiger partial charge in [0.1, 0.15) is 0 Å². The minimum Gasteiger partial charge on any atom is -0.345 e. The number of piperidine rings is 1. The molecule has 5 nitrogen and oxygen atoms in total. The highest BCUT2D eigenvalue weighted by Crippen LogP contribution is 2.23. The summed E-state index contributed by atoms with van der Waals surface area (Å²) in [5, 5.41) is 3.04. The van der Waals surface area contributed by atoms with E-state index >= 15 is 0 Å². The molecule has 3 unspecified atom stereocenters. The van der Waals surface area contributed by atoms with E-state index in [-0.39, 0.29) is 30.3 Å². The quantitative estimate of drug-likeness (QED) is 0.810. The number of likely N-dealkylation sites (tertiary alicyclic amines) is 1. The fraction of sp³-hybridized carbons (Fsp3) is 0.391. The normalized spacial score (nSPS) is 18.9. The van der Waals surface area contributed by atoms with Gasteiger partial charge in [-0.3, -0.25) is 9.59 Å². The zero-order valence-electron chi connectivity index (χ0n) is 16.4. The summed E-state index contributed by atoms with van der Waals surface area (Å²) in [6.07, 6.45) is 2.28. The SMILES string of the molecule is CC(N)C1CCCN(C(=O)CC(NC(=O)c2ccccc2)c2ccccc2)C1. The van der Waals surface area contributed by atoms with E-state index in [9.17, 15) is 9.59 Å². The lowest BCUT2D eigenvalue weighted by Crippen LogP contribution is -2.46. The van der Waals surface area contributed by atoms with Crippen molar-refractivity contribution in [2.75, 3.05) is 13.1 Å². The van der Waals surface area contributed by atoms with Crippen LogP contribution in [0.15, 0.2) is 60.7 Å². The molecule has 0 radical (unpaired) electrons. The van der Waals surface area contributed by atoms with Gasteiger partial charge in [-0.25, -0.2) is 0 Å². The first-order chi connectivity index (χ1) is 13.5. The summed E-state index contributed by atoms with van der Waals surface area (Å²) in [7, 11) is 0. The summed E-state index contributed by atoms with van der Waals surface area (Å²) in [5.74, 6) is 0.230. The van der Waals surface area contributed by atoms with Gasteiger partial charge in [0.25, 0.3) is 5.91 Å². The Bertz CT molecular complexity index is 777. The van der Waals surface area contributed by atoms with E-state index in [1.807, 2.05) is 60.4 Å². The van der Waals surface area contributed by atoms with E-state index in [1.54, 1.807) is 12.1 Å². The molecule has 148 valence electrons. The molecule has 1 aliphatic heterocycles. The molecule has 0 bridgehead atoms. The van der Waals surface area contributed by atoms with Gasteiger partial charge < -0.3 is 16.0 Å². The van der Waals surface area contributed by atoms with Crippen molar-refractivity contribution >= 4 is 11.8 Å². The summed E-state index contributed by atoms with van der Waals surface area (Å²) in [5.41, 5.74) is 7.58. The molecule has 0 spiro atoms. The second kappa shape index (κ2) is 9.51. The topological polar surface area (TPSA) is 75.4 Å². The molecule has 0 aliphatic carbocycles. The van der Waals surface area contributed by atoms with Gasteiger partial charge in [-0.2, -0.15) is 0 Å². The lowest BCUT2D eigenvalue weighted by Gasteiger charge is -2.35. The van der Waals surface area contributed by atoms with Gasteiger partial charge in [0.15, 0.2) is 0 Å². The van der Waals surface area contributed by atoms with Crippen LogP contribution < -0.4 is 11.1 Å². The number of amides is 2. The van der Waals surface area contributed by atoms with Crippen LogP contribution in [0.25, 0.3) is 0 Å². The smallest absolute Gasteiger partial charge is 0.251 e. The average Bonchev–Trinajstić information content (AvgIpc) is 2.74. The van der Waals surface area contributed by atoms with Crippen molar-refractivity contribution in [2.24, 2.45) is 11.7 Å². The van der Waals surface area contributed by atoms with Crippen LogP contribution in [0.2, 0.25) is 0 Å². The third-order valence-corrected chi connectivity index (χ3v) is 5.48. The number of hydrogen-bond donors (Lipinski definition) is 2. The van der Waals surface area contributed by atoms with E-state index in [0.717, 1.165) is 24.9 Å². The van der Waals surface area contributed by atoms with E-state index in [4.69, 9.17) is 5.73 Å². The first-order valence-electron chi connectivity index (χ1n) is 9.99. The zero-order chi connectivity index (χ0) is 19.9.